The molecule has 25 heavy (non-hydrogen) atoms. The van der Waals surface area contributed by atoms with Crippen molar-refractivity contribution in [2.45, 2.75) is 13.5 Å². The summed E-state index contributed by atoms with van der Waals surface area (Å²) in [6, 6.07) is 17.3. The normalized spacial score (nSPS) is 10.4. The minimum Gasteiger partial charge on any atom is -0.307 e. The summed E-state index contributed by atoms with van der Waals surface area (Å²) >= 11 is 0. The second-order valence-corrected chi connectivity index (χ2v) is 5.54. The van der Waals surface area contributed by atoms with Crippen LogP contribution in [0.25, 0.3) is 0 Å². The van der Waals surface area contributed by atoms with Gasteiger partial charge in [0.05, 0.1) is 17.2 Å². The molecule has 2 aromatic carbocycles. The lowest BCUT2D eigenvalue weighted by atomic mass is 10.1. The summed E-state index contributed by atoms with van der Waals surface area (Å²) in [5.41, 5.74) is 1.56. The summed E-state index contributed by atoms with van der Waals surface area (Å²) in [6.07, 6.45) is 0. The summed E-state index contributed by atoms with van der Waals surface area (Å²) in [6.45, 7) is 2.31. The van der Waals surface area contributed by atoms with Crippen molar-refractivity contribution in [3.05, 3.63) is 87.6 Å². The second kappa shape index (κ2) is 6.96. The first-order valence-corrected chi connectivity index (χ1v) is 7.68. The van der Waals surface area contributed by atoms with E-state index in [-0.39, 0.29) is 11.3 Å². The molecule has 0 aliphatic carbocycles. The summed E-state index contributed by atoms with van der Waals surface area (Å²) in [7, 11) is 0. The van der Waals surface area contributed by atoms with Gasteiger partial charge in [-0.05, 0) is 18.6 Å². The quantitative estimate of drug-likeness (QED) is 0.571. The number of carbonyl (C=O) groups excluding carboxylic acids is 1. The van der Waals surface area contributed by atoms with E-state index < -0.39 is 10.8 Å². The van der Waals surface area contributed by atoms with Crippen LogP contribution in [0.2, 0.25) is 0 Å². The van der Waals surface area contributed by atoms with Crippen molar-refractivity contribution in [2.75, 3.05) is 5.32 Å². The molecule has 7 heteroatoms. The van der Waals surface area contributed by atoms with E-state index in [1.54, 1.807) is 16.8 Å². The highest BCUT2D eigenvalue weighted by molar-refractivity contribution is 6.06. The highest BCUT2D eigenvalue weighted by Crippen LogP contribution is 2.20. The highest BCUT2D eigenvalue weighted by Gasteiger charge is 2.20. The van der Waals surface area contributed by atoms with Gasteiger partial charge in [-0.1, -0.05) is 42.5 Å². The third-order valence-corrected chi connectivity index (χ3v) is 3.66. The van der Waals surface area contributed by atoms with Crippen LogP contribution in [0.3, 0.4) is 0 Å². The number of hydrogen-bond donors (Lipinski definition) is 1. The number of nitrogens with one attached hydrogen (secondary N) is 1. The van der Waals surface area contributed by atoms with Crippen molar-refractivity contribution < 1.29 is 9.72 Å². The Balaban J connectivity index is 1.86. The first kappa shape index (κ1) is 16.4. The van der Waals surface area contributed by atoms with Crippen LogP contribution >= 0.6 is 0 Å². The minimum absolute atomic E-state index is 0.0117. The van der Waals surface area contributed by atoms with Crippen LogP contribution in [0, 0.1) is 17.0 Å². The minimum atomic E-state index is -0.568. The summed E-state index contributed by atoms with van der Waals surface area (Å²) in [5.74, 6) is -0.0500. The first-order valence-electron chi connectivity index (χ1n) is 7.68. The molecule has 0 radical (unpaired) electrons. The summed E-state index contributed by atoms with van der Waals surface area (Å²) < 4.78 is 1.66. The Labute approximate surface area is 144 Å². The molecule has 0 saturated heterocycles. The molecule has 1 N–H and O–H groups in total. The number of benzene rings is 2. The maximum absolute atomic E-state index is 12.5. The van der Waals surface area contributed by atoms with E-state index in [1.165, 1.54) is 18.2 Å². The largest absolute Gasteiger partial charge is 0.307 e. The summed E-state index contributed by atoms with van der Waals surface area (Å²) in [5, 5.41) is 18.2. The molecular weight excluding hydrogens is 320 g/mol. The van der Waals surface area contributed by atoms with Crippen molar-refractivity contribution in [3.8, 4) is 0 Å². The number of para-hydroxylation sites is 1. The summed E-state index contributed by atoms with van der Waals surface area (Å²) in [4.78, 5) is 23.0. The van der Waals surface area contributed by atoms with Crippen LogP contribution in [-0.4, -0.2) is 20.6 Å². The van der Waals surface area contributed by atoms with Crippen LogP contribution in [0.5, 0.6) is 0 Å². The van der Waals surface area contributed by atoms with Gasteiger partial charge in [0.2, 0.25) is 0 Å². The van der Waals surface area contributed by atoms with Gasteiger partial charge in [0, 0.05) is 12.1 Å². The average Bonchev–Trinajstić information content (AvgIpc) is 2.94. The van der Waals surface area contributed by atoms with Crippen LogP contribution in [0.1, 0.15) is 21.6 Å². The van der Waals surface area contributed by atoms with Gasteiger partial charge in [0.25, 0.3) is 11.6 Å². The van der Waals surface area contributed by atoms with Crippen LogP contribution in [-0.2, 0) is 6.54 Å². The predicted molar refractivity (Wildman–Crippen MR) is 93.6 cm³/mol. The van der Waals surface area contributed by atoms with Crippen LogP contribution < -0.4 is 5.32 Å². The van der Waals surface area contributed by atoms with Crippen molar-refractivity contribution >= 4 is 17.4 Å². The average molecular weight is 336 g/mol. The second-order valence-electron chi connectivity index (χ2n) is 5.54. The van der Waals surface area contributed by atoms with E-state index in [4.69, 9.17) is 0 Å². The molecule has 0 fully saturated rings. The third kappa shape index (κ3) is 3.72. The molecule has 1 heterocycles. The number of rotatable bonds is 5. The van der Waals surface area contributed by atoms with Gasteiger partial charge in [-0.15, -0.1) is 0 Å². The fraction of sp³-hybridized carbons (Fsp3) is 0.111. The van der Waals surface area contributed by atoms with Gasteiger partial charge >= 0.3 is 0 Å². The number of nitrogens with zero attached hydrogens (tertiary/aromatic N) is 3. The molecule has 0 bridgehead atoms. The zero-order valence-electron chi connectivity index (χ0n) is 13.5. The monoisotopic (exact) mass is 336 g/mol. The number of nitro benzene ring substituents is 1. The Hall–Kier alpha value is -3.48. The van der Waals surface area contributed by atoms with Gasteiger partial charge in [0.15, 0.2) is 0 Å². The molecule has 3 rings (SSSR count). The fourth-order valence-electron chi connectivity index (χ4n) is 2.53. The maximum Gasteiger partial charge on any atom is 0.282 e. The molecule has 0 aliphatic rings. The lowest BCUT2D eigenvalue weighted by Crippen LogP contribution is -2.17. The lowest BCUT2D eigenvalue weighted by Gasteiger charge is -2.09. The number of carbonyl (C=O) groups is 1. The molecule has 0 spiro atoms. The molecule has 3 aromatic rings. The molecule has 7 nitrogen and oxygen atoms in total. The number of hydrogen-bond acceptors (Lipinski definition) is 4. The van der Waals surface area contributed by atoms with E-state index in [9.17, 15) is 14.9 Å². The fourth-order valence-corrected chi connectivity index (χ4v) is 2.53. The van der Waals surface area contributed by atoms with Crippen molar-refractivity contribution in [3.63, 3.8) is 0 Å². The standard InChI is InChI=1S/C18H16N4O3/c1-13-11-17(21(20-13)12-14-7-3-2-4-8-14)19-18(23)15-9-5-6-10-16(15)22(24)25/h2-11H,12H2,1H3,(H,19,23). The van der Waals surface area contributed by atoms with Gasteiger partial charge in [-0.3, -0.25) is 14.9 Å². The number of amides is 1. The smallest absolute Gasteiger partial charge is 0.282 e. The van der Waals surface area contributed by atoms with Gasteiger partial charge in [0.1, 0.15) is 11.4 Å². The maximum atomic E-state index is 12.5. The molecule has 1 aromatic heterocycles. The van der Waals surface area contributed by atoms with E-state index in [2.05, 4.69) is 10.4 Å². The number of aryl methyl sites for hydroxylation is 1. The zero-order valence-corrected chi connectivity index (χ0v) is 13.5. The SMILES string of the molecule is Cc1cc(NC(=O)c2ccccc2[N+](=O)[O-])n(Cc2ccccc2)n1. The van der Waals surface area contributed by atoms with E-state index in [0.717, 1.165) is 11.3 Å². The Morgan fingerprint density at radius 1 is 1.16 bits per heavy atom. The number of anilines is 1. The molecule has 0 atom stereocenters. The van der Waals surface area contributed by atoms with Gasteiger partial charge < -0.3 is 5.32 Å². The van der Waals surface area contributed by atoms with E-state index >= 15 is 0 Å². The van der Waals surface area contributed by atoms with E-state index in [1.807, 2.05) is 37.3 Å². The lowest BCUT2D eigenvalue weighted by molar-refractivity contribution is -0.385. The number of aromatic nitrogens is 2. The Morgan fingerprint density at radius 3 is 2.56 bits per heavy atom. The zero-order chi connectivity index (χ0) is 17.8. The molecule has 126 valence electrons. The molecule has 0 unspecified atom stereocenters. The van der Waals surface area contributed by atoms with Crippen LogP contribution in [0.15, 0.2) is 60.7 Å². The van der Waals surface area contributed by atoms with Crippen molar-refractivity contribution in [1.82, 2.24) is 9.78 Å². The van der Waals surface area contributed by atoms with Crippen molar-refractivity contribution in [1.29, 1.82) is 0 Å². The predicted octanol–water partition coefficient (Wildman–Crippen LogP) is 3.40. The Kier molecular flexibility index (Phi) is 4.56. The van der Waals surface area contributed by atoms with Crippen LogP contribution in [0.4, 0.5) is 11.5 Å². The van der Waals surface area contributed by atoms with E-state index in [0.29, 0.717) is 12.4 Å². The van der Waals surface area contributed by atoms with Crippen molar-refractivity contribution in [2.24, 2.45) is 0 Å². The topological polar surface area (TPSA) is 90.1 Å². The Morgan fingerprint density at radius 2 is 1.84 bits per heavy atom. The van der Waals surface area contributed by atoms with Gasteiger partial charge in [-0.2, -0.15) is 5.10 Å². The molecule has 0 aliphatic heterocycles. The molecule has 1 amide bonds. The van der Waals surface area contributed by atoms with Gasteiger partial charge in [-0.25, -0.2) is 4.68 Å². The third-order valence-electron chi connectivity index (χ3n) is 3.66. The molecule has 0 saturated carbocycles. The first-order chi connectivity index (χ1) is 12.0. The Bertz CT molecular complexity index is 919. The number of nitro groups is 1. The highest BCUT2D eigenvalue weighted by atomic mass is 16.6. The molecular formula is C18H16N4O3.